The second-order valence-electron chi connectivity index (χ2n) is 6.97. The minimum absolute atomic E-state index is 0.205. The molecule has 0 spiro atoms. The van der Waals surface area contributed by atoms with Crippen LogP contribution in [0.4, 0.5) is 4.79 Å². The van der Waals surface area contributed by atoms with Crippen LogP contribution >= 0.6 is 0 Å². The van der Waals surface area contributed by atoms with Crippen molar-refractivity contribution < 1.29 is 19.0 Å². The molecular weight excluding hydrogens is 296 g/mol. The molecule has 1 N–H and O–H groups in total. The van der Waals surface area contributed by atoms with Gasteiger partial charge in [0, 0.05) is 25.7 Å². The van der Waals surface area contributed by atoms with Gasteiger partial charge in [0.15, 0.2) is 11.5 Å². The Bertz CT molecular complexity index is 582. The number of ether oxygens (including phenoxy) is 3. The van der Waals surface area contributed by atoms with Crippen molar-refractivity contribution in [1.29, 1.82) is 0 Å². The van der Waals surface area contributed by atoms with Crippen LogP contribution < -0.4 is 14.8 Å². The van der Waals surface area contributed by atoms with Crippen molar-refractivity contribution in [2.45, 2.75) is 38.8 Å². The maximum Gasteiger partial charge on any atom is 0.410 e. The predicted octanol–water partition coefficient (Wildman–Crippen LogP) is 2.17. The molecule has 0 bridgehead atoms. The van der Waals surface area contributed by atoms with E-state index in [-0.39, 0.29) is 18.9 Å². The van der Waals surface area contributed by atoms with E-state index in [1.165, 1.54) is 0 Å². The molecule has 0 aliphatic carbocycles. The summed E-state index contributed by atoms with van der Waals surface area (Å²) in [6.07, 6.45) is 0.588. The number of carbonyl (C=O) groups excluding carboxylic acids is 1. The summed E-state index contributed by atoms with van der Waals surface area (Å²) < 4.78 is 16.2. The molecule has 2 aliphatic heterocycles. The molecule has 3 rings (SSSR count). The number of carbonyl (C=O) groups is 1. The van der Waals surface area contributed by atoms with Crippen LogP contribution in [0.25, 0.3) is 0 Å². The Hall–Kier alpha value is -1.95. The molecule has 0 aromatic heterocycles. The average Bonchev–Trinajstić information content (AvgIpc) is 2.93. The number of hydrogen-bond donors (Lipinski definition) is 1. The SMILES string of the molecule is CC(C)(C)OC(=O)N1CCNC(Cc2ccc3c(c2)OCO3)C1. The summed E-state index contributed by atoms with van der Waals surface area (Å²) >= 11 is 0. The van der Waals surface area contributed by atoms with Gasteiger partial charge in [-0.2, -0.15) is 0 Å². The molecule has 1 saturated heterocycles. The number of rotatable bonds is 2. The summed E-state index contributed by atoms with van der Waals surface area (Å²) in [4.78, 5) is 14.0. The van der Waals surface area contributed by atoms with E-state index < -0.39 is 5.60 Å². The Morgan fingerprint density at radius 3 is 2.91 bits per heavy atom. The van der Waals surface area contributed by atoms with E-state index in [9.17, 15) is 4.79 Å². The molecule has 1 fully saturated rings. The number of fused-ring (bicyclic) bond motifs is 1. The Morgan fingerprint density at radius 1 is 1.35 bits per heavy atom. The summed E-state index contributed by atoms with van der Waals surface area (Å²) in [5.74, 6) is 1.59. The molecule has 1 aromatic carbocycles. The molecule has 1 aromatic rings. The molecule has 1 unspecified atom stereocenters. The molecule has 2 heterocycles. The van der Waals surface area contributed by atoms with Crippen LogP contribution in [-0.2, 0) is 11.2 Å². The summed E-state index contributed by atoms with van der Waals surface area (Å²) in [6.45, 7) is 8.03. The van der Waals surface area contributed by atoms with Crippen molar-refractivity contribution in [2.24, 2.45) is 0 Å². The zero-order chi connectivity index (χ0) is 16.4. The van der Waals surface area contributed by atoms with Crippen LogP contribution in [-0.4, -0.2) is 49.1 Å². The predicted molar refractivity (Wildman–Crippen MR) is 85.9 cm³/mol. The minimum Gasteiger partial charge on any atom is -0.454 e. The Labute approximate surface area is 136 Å². The fourth-order valence-corrected chi connectivity index (χ4v) is 2.81. The molecule has 1 atom stereocenters. The molecule has 23 heavy (non-hydrogen) atoms. The van der Waals surface area contributed by atoms with E-state index >= 15 is 0 Å². The van der Waals surface area contributed by atoms with Crippen molar-refractivity contribution in [3.8, 4) is 11.5 Å². The Balaban J connectivity index is 1.59. The van der Waals surface area contributed by atoms with Gasteiger partial charge in [0.05, 0.1) is 0 Å². The Morgan fingerprint density at radius 2 is 2.13 bits per heavy atom. The molecule has 2 aliphatic rings. The van der Waals surface area contributed by atoms with Gasteiger partial charge in [0.1, 0.15) is 5.60 Å². The summed E-state index contributed by atoms with van der Waals surface area (Å²) in [5.41, 5.74) is 0.701. The van der Waals surface area contributed by atoms with Gasteiger partial charge in [0.25, 0.3) is 0 Å². The van der Waals surface area contributed by atoms with Gasteiger partial charge < -0.3 is 24.4 Å². The maximum atomic E-state index is 12.2. The van der Waals surface area contributed by atoms with Gasteiger partial charge in [0.2, 0.25) is 6.79 Å². The van der Waals surface area contributed by atoms with Gasteiger partial charge in [-0.25, -0.2) is 4.79 Å². The number of amides is 1. The number of piperazine rings is 1. The smallest absolute Gasteiger partial charge is 0.410 e. The van der Waals surface area contributed by atoms with E-state index in [1.54, 1.807) is 4.90 Å². The highest BCUT2D eigenvalue weighted by Crippen LogP contribution is 2.32. The molecule has 0 radical (unpaired) electrons. The van der Waals surface area contributed by atoms with Gasteiger partial charge >= 0.3 is 6.09 Å². The number of nitrogens with one attached hydrogen (secondary N) is 1. The van der Waals surface area contributed by atoms with Gasteiger partial charge in [-0.15, -0.1) is 0 Å². The van der Waals surface area contributed by atoms with Crippen LogP contribution in [0.2, 0.25) is 0 Å². The summed E-state index contributed by atoms with van der Waals surface area (Å²) in [5, 5.41) is 3.46. The monoisotopic (exact) mass is 320 g/mol. The third kappa shape index (κ3) is 4.07. The fourth-order valence-electron chi connectivity index (χ4n) is 2.81. The van der Waals surface area contributed by atoms with Crippen LogP contribution in [0.1, 0.15) is 26.3 Å². The van der Waals surface area contributed by atoms with Crippen LogP contribution in [0.15, 0.2) is 18.2 Å². The first kappa shape index (κ1) is 15.9. The first-order chi connectivity index (χ1) is 10.9. The summed E-state index contributed by atoms with van der Waals surface area (Å²) in [7, 11) is 0. The largest absolute Gasteiger partial charge is 0.454 e. The molecule has 1 amide bonds. The van der Waals surface area contributed by atoms with Crippen molar-refractivity contribution in [3.63, 3.8) is 0 Å². The van der Waals surface area contributed by atoms with Crippen LogP contribution in [0.3, 0.4) is 0 Å². The molecule has 126 valence electrons. The first-order valence-corrected chi connectivity index (χ1v) is 8.00. The molecule has 0 saturated carbocycles. The Kier molecular flexibility index (Phi) is 4.35. The minimum atomic E-state index is -0.464. The van der Waals surface area contributed by atoms with E-state index in [0.717, 1.165) is 30.0 Å². The molecule has 6 heteroatoms. The number of benzene rings is 1. The third-order valence-corrected chi connectivity index (χ3v) is 3.83. The van der Waals surface area contributed by atoms with E-state index in [4.69, 9.17) is 14.2 Å². The quantitative estimate of drug-likeness (QED) is 0.905. The lowest BCUT2D eigenvalue weighted by Crippen LogP contribution is -2.54. The number of hydrogen-bond acceptors (Lipinski definition) is 5. The van der Waals surface area contributed by atoms with Gasteiger partial charge in [-0.1, -0.05) is 6.07 Å². The van der Waals surface area contributed by atoms with Crippen LogP contribution in [0, 0.1) is 0 Å². The lowest BCUT2D eigenvalue weighted by atomic mass is 10.0. The van der Waals surface area contributed by atoms with Gasteiger partial charge in [-0.05, 0) is 44.9 Å². The number of nitrogens with zero attached hydrogens (tertiary/aromatic N) is 1. The maximum absolute atomic E-state index is 12.2. The van der Waals surface area contributed by atoms with E-state index in [1.807, 2.05) is 39.0 Å². The lowest BCUT2D eigenvalue weighted by Gasteiger charge is -2.35. The lowest BCUT2D eigenvalue weighted by molar-refractivity contribution is 0.0195. The normalized spacial score (nSPS) is 20.5. The summed E-state index contributed by atoms with van der Waals surface area (Å²) in [6, 6.07) is 6.20. The standard InChI is InChI=1S/C17H24N2O4/c1-17(2,3)23-16(20)19-7-6-18-13(10-19)8-12-4-5-14-15(9-12)22-11-21-14/h4-5,9,13,18H,6-8,10-11H2,1-3H3. The zero-order valence-electron chi connectivity index (χ0n) is 13.9. The highest BCUT2D eigenvalue weighted by Gasteiger charge is 2.27. The fraction of sp³-hybridized carbons (Fsp3) is 0.588. The second-order valence-corrected chi connectivity index (χ2v) is 6.97. The topological polar surface area (TPSA) is 60.0 Å². The van der Waals surface area contributed by atoms with Crippen LogP contribution in [0.5, 0.6) is 11.5 Å². The van der Waals surface area contributed by atoms with Gasteiger partial charge in [-0.3, -0.25) is 0 Å². The highest BCUT2D eigenvalue weighted by atomic mass is 16.7. The van der Waals surface area contributed by atoms with Crippen molar-refractivity contribution in [1.82, 2.24) is 10.2 Å². The van der Waals surface area contributed by atoms with E-state index in [2.05, 4.69) is 5.32 Å². The van der Waals surface area contributed by atoms with Crippen molar-refractivity contribution >= 4 is 6.09 Å². The third-order valence-electron chi connectivity index (χ3n) is 3.83. The van der Waals surface area contributed by atoms with Crippen molar-refractivity contribution in [2.75, 3.05) is 26.4 Å². The second kappa shape index (κ2) is 6.28. The molecule has 6 nitrogen and oxygen atoms in total. The first-order valence-electron chi connectivity index (χ1n) is 8.00. The van der Waals surface area contributed by atoms with Crippen molar-refractivity contribution in [3.05, 3.63) is 23.8 Å². The highest BCUT2D eigenvalue weighted by molar-refractivity contribution is 5.68. The average molecular weight is 320 g/mol. The zero-order valence-corrected chi connectivity index (χ0v) is 13.9. The molecular formula is C17H24N2O4. The van der Waals surface area contributed by atoms with E-state index in [0.29, 0.717) is 13.1 Å².